The lowest BCUT2D eigenvalue weighted by Crippen LogP contribution is -2.21. The van der Waals surface area contributed by atoms with Gasteiger partial charge < -0.3 is 10.4 Å². The molecule has 2 aromatic rings. The second-order valence-electron chi connectivity index (χ2n) is 5.29. The molecule has 2 N–H and O–H groups in total. The fraction of sp³-hybridized carbons (Fsp3) is 0.438. The summed E-state index contributed by atoms with van der Waals surface area (Å²) in [5.74, 6) is 0.483. The van der Waals surface area contributed by atoms with E-state index in [4.69, 9.17) is 5.11 Å². The highest BCUT2D eigenvalue weighted by Crippen LogP contribution is 2.21. The fourth-order valence-corrected chi connectivity index (χ4v) is 2.28. The van der Waals surface area contributed by atoms with Crippen molar-refractivity contribution in [2.45, 2.75) is 19.9 Å². The number of rotatable bonds is 7. The number of aliphatic hydroxyl groups excluding tert-OH is 1. The summed E-state index contributed by atoms with van der Waals surface area (Å²) < 4.78 is 1.86. The van der Waals surface area contributed by atoms with Gasteiger partial charge in [-0.05, 0) is 18.9 Å². The topological polar surface area (TPSA) is 50.1 Å². The minimum absolute atomic E-state index is 0.255. The molecule has 0 bridgehead atoms. The van der Waals surface area contributed by atoms with Crippen LogP contribution in [0.15, 0.2) is 36.5 Å². The van der Waals surface area contributed by atoms with Gasteiger partial charge in [-0.2, -0.15) is 5.10 Å². The van der Waals surface area contributed by atoms with Gasteiger partial charge in [0.15, 0.2) is 0 Å². The van der Waals surface area contributed by atoms with Crippen LogP contribution in [0.2, 0.25) is 0 Å². The lowest BCUT2D eigenvalue weighted by molar-refractivity contribution is 0.260. The van der Waals surface area contributed by atoms with E-state index in [2.05, 4.69) is 35.7 Å². The Hall–Kier alpha value is -1.65. The standard InChI is InChI=1S/C16H23N3O/c1-13(8-9-20)10-17-11-15-12-19(2)18-16(15)14-6-4-3-5-7-14/h3-7,12-13,17,20H,8-11H2,1-2H3. The summed E-state index contributed by atoms with van der Waals surface area (Å²) in [7, 11) is 1.95. The van der Waals surface area contributed by atoms with Crippen LogP contribution in [0.25, 0.3) is 11.3 Å². The molecule has 4 heteroatoms. The molecule has 4 nitrogen and oxygen atoms in total. The summed E-state index contributed by atoms with van der Waals surface area (Å²) in [6.07, 6.45) is 2.90. The van der Waals surface area contributed by atoms with Gasteiger partial charge in [-0.15, -0.1) is 0 Å². The Morgan fingerprint density at radius 3 is 2.75 bits per heavy atom. The largest absolute Gasteiger partial charge is 0.396 e. The van der Waals surface area contributed by atoms with Crippen molar-refractivity contribution < 1.29 is 5.11 Å². The van der Waals surface area contributed by atoms with Gasteiger partial charge in [0.25, 0.3) is 0 Å². The molecule has 0 amide bonds. The molecule has 0 saturated carbocycles. The SMILES string of the molecule is CC(CCO)CNCc1cn(C)nc1-c1ccccc1. The second kappa shape index (κ2) is 7.22. The third-order valence-corrected chi connectivity index (χ3v) is 3.38. The van der Waals surface area contributed by atoms with Crippen molar-refractivity contribution in [3.8, 4) is 11.3 Å². The molecule has 108 valence electrons. The number of benzene rings is 1. The number of aliphatic hydroxyl groups is 1. The van der Waals surface area contributed by atoms with E-state index >= 15 is 0 Å². The number of hydrogen-bond donors (Lipinski definition) is 2. The van der Waals surface area contributed by atoms with Crippen LogP contribution in [-0.2, 0) is 13.6 Å². The Bertz CT molecular complexity index is 522. The van der Waals surface area contributed by atoms with Gasteiger partial charge in [-0.1, -0.05) is 37.3 Å². The van der Waals surface area contributed by atoms with E-state index in [1.807, 2.05) is 29.9 Å². The lowest BCUT2D eigenvalue weighted by atomic mass is 10.1. The van der Waals surface area contributed by atoms with Crippen LogP contribution in [0.4, 0.5) is 0 Å². The van der Waals surface area contributed by atoms with Crippen LogP contribution in [0, 0.1) is 5.92 Å². The van der Waals surface area contributed by atoms with E-state index in [0.29, 0.717) is 5.92 Å². The molecule has 2 rings (SSSR count). The highest BCUT2D eigenvalue weighted by atomic mass is 16.3. The maximum Gasteiger partial charge on any atom is 0.0967 e. The lowest BCUT2D eigenvalue weighted by Gasteiger charge is -2.11. The molecule has 0 aliphatic carbocycles. The van der Waals surface area contributed by atoms with Crippen molar-refractivity contribution in [2.24, 2.45) is 13.0 Å². The summed E-state index contributed by atoms with van der Waals surface area (Å²) in [6.45, 7) is 4.10. The van der Waals surface area contributed by atoms with Crippen molar-refractivity contribution in [2.75, 3.05) is 13.2 Å². The van der Waals surface area contributed by atoms with Crippen molar-refractivity contribution >= 4 is 0 Å². The minimum Gasteiger partial charge on any atom is -0.396 e. The van der Waals surface area contributed by atoms with Gasteiger partial charge in [-0.25, -0.2) is 0 Å². The molecule has 0 aliphatic rings. The van der Waals surface area contributed by atoms with Gasteiger partial charge in [0.1, 0.15) is 0 Å². The van der Waals surface area contributed by atoms with E-state index in [9.17, 15) is 0 Å². The average molecular weight is 273 g/mol. The van der Waals surface area contributed by atoms with E-state index < -0.39 is 0 Å². The number of aromatic nitrogens is 2. The van der Waals surface area contributed by atoms with Crippen LogP contribution >= 0.6 is 0 Å². The van der Waals surface area contributed by atoms with Gasteiger partial charge in [0.2, 0.25) is 0 Å². The van der Waals surface area contributed by atoms with Crippen molar-refractivity contribution in [3.05, 3.63) is 42.1 Å². The molecule has 1 atom stereocenters. The van der Waals surface area contributed by atoms with Crippen LogP contribution in [0.3, 0.4) is 0 Å². The monoisotopic (exact) mass is 273 g/mol. The van der Waals surface area contributed by atoms with Crippen molar-refractivity contribution in [1.82, 2.24) is 15.1 Å². The summed E-state index contributed by atoms with van der Waals surface area (Å²) >= 11 is 0. The zero-order valence-corrected chi connectivity index (χ0v) is 12.2. The maximum atomic E-state index is 8.91. The van der Waals surface area contributed by atoms with Gasteiger partial charge >= 0.3 is 0 Å². The number of nitrogens with zero attached hydrogens (tertiary/aromatic N) is 2. The smallest absolute Gasteiger partial charge is 0.0967 e. The highest BCUT2D eigenvalue weighted by Gasteiger charge is 2.10. The number of aryl methyl sites for hydroxylation is 1. The van der Waals surface area contributed by atoms with E-state index in [1.54, 1.807) is 0 Å². The average Bonchev–Trinajstić information content (AvgIpc) is 2.81. The molecule has 1 aromatic heterocycles. The first-order chi connectivity index (χ1) is 9.70. The Morgan fingerprint density at radius 1 is 1.30 bits per heavy atom. The normalized spacial score (nSPS) is 12.6. The molecule has 1 heterocycles. The first kappa shape index (κ1) is 14.8. The van der Waals surface area contributed by atoms with Crippen molar-refractivity contribution in [1.29, 1.82) is 0 Å². The molecule has 0 spiro atoms. The Morgan fingerprint density at radius 2 is 2.05 bits per heavy atom. The Balaban J connectivity index is 2.02. The molecule has 0 fully saturated rings. The fourth-order valence-electron chi connectivity index (χ4n) is 2.28. The zero-order chi connectivity index (χ0) is 14.4. The molecule has 1 aromatic carbocycles. The molecule has 1 unspecified atom stereocenters. The summed E-state index contributed by atoms with van der Waals surface area (Å²) in [4.78, 5) is 0. The summed E-state index contributed by atoms with van der Waals surface area (Å²) in [5.41, 5.74) is 3.39. The number of hydrogen-bond acceptors (Lipinski definition) is 3. The maximum absolute atomic E-state index is 8.91. The van der Waals surface area contributed by atoms with E-state index in [0.717, 1.165) is 30.8 Å². The van der Waals surface area contributed by atoms with Gasteiger partial charge in [0, 0.05) is 37.5 Å². The summed E-state index contributed by atoms with van der Waals surface area (Å²) in [6, 6.07) is 10.2. The predicted molar refractivity (Wildman–Crippen MR) is 81.2 cm³/mol. The first-order valence-corrected chi connectivity index (χ1v) is 7.10. The molecule has 0 saturated heterocycles. The van der Waals surface area contributed by atoms with E-state index in [1.165, 1.54) is 5.56 Å². The number of nitrogens with one attached hydrogen (secondary N) is 1. The van der Waals surface area contributed by atoms with Crippen molar-refractivity contribution in [3.63, 3.8) is 0 Å². The Kier molecular flexibility index (Phi) is 5.32. The summed E-state index contributed by atoms with van der Waals surface area (Å²) in [5, 5.41) is 16.9. The van der Waals surface area contributed by atoms with Crippen LogP contribution in [-0.4, -0.2) is 28.0 Å². The van der Waals surface area contributed by atoms with Crippen LogP contribution in [0.5, 0.6) is 0 Å². The minimum atomic E-state index is 0.255. The molecule has 20 heavy (non-hydrogen) atoms. The third-order valence-electron chi connectivity index (χ3n) is 3.38. The first-order valence-electron chi connectivity index (χ1n) is 7.10. The van der Waals surface area contributed by atoms with Gasteiger partial charge in [-0.3, -0.25) is 4.68 Å². The molecular weight excluding hydrogens is 250 g/mol. The quantitative estimate of drug-likeness (QED) is 0.813. The highest BCUT2D eigenvalue weighted by molar-refractivity contribution is 5.62. The molecule has 0 aliphatic heterocycles. The second-order valence-corrected chi connectivity index (χ2v) is 5.29. The van der Waals surface area contributed by atoms with Gasteiger partial charge in [0.05, 0.1) is 5.69 Å². The van der Waals surface area contributed by atoms with E-state index in [-0.39, 0.29) is 6.61 Å². The van der Waals surface area contributed by atoms with Crippen LogP contribution < -0.4 is 5.32 Å². The van der Waals surface area contributed by atoms with Crippen LogP contribution in [0.1, 0.15) is 18.9 Å². The predicted octanol–water partition coefficient (Wildman–Crippen LogP) is 2.20. The molecule has 0 radical (unpaired) electrons. The third kappa shape index (κ3) is 3.92. The Labute approximate surface area is 120 Å². The zero-order valence-electron chi connectivity index (χ0n) is 12.2. The molecular formula is C16H23N3O.